The maximum absolute atomic E-state index is 11.1. The Morgan fingerprint density at radius 3 is 2.28 bits per heavy atom. The van der Waals surface area contributed by atoms with Crippen LogP contribution in [0.3, 0.4) is 0 Å². The van der Waals surface area contributed by atoms with Crippen LogP contribution in [0.1, 0.15) is 5.56 Å². The third kappa shape index (κ3) is 1.98. The molecule has 18 heavy (non-hydrogen) atoms. The smallest absolute Gasteiger partial charge is 0.226 e. The van der Waals surface area contributed by atoms with Gasteiger partial charge in [0, 0.05) is 6.42 Å². The largest absolute Gasteiger partial charge is 0.281 e. The van der Waals surface area contributed by atoms with Crippen LogP contribution < -0.4 is 0 Å². The molecule has 3 aromatic rings. The Bertz CT molecular complexity index is 746. The molecule has 0 spiro atoms. The molecule has 0 radical (unpaired) electrons. The topological polar surface area (TPSA) is 17.1 Å². The lowest BCUT2D eigenvalue weighted by molar-refractivity contribution is -0.111. The van der Waals surface area contributed by atoms with E-state index in [9.17, 15) is 4.79 Å². The SMILES string of the molecule is O=C(Cl)Cc1cccc2cc3ccccc3cc12. The zero-order valence-electron chi connectivity index (χ0n) is 9.69. The molecule has 0 aromatic heterocycles. The van der Waals surface area contributed by atoms with Gasteiger partial charge in [-0.05, 0) is 50.8 Å². The summed E-state index contributed by atoms with van der Waals surface area (Å²) >= 11 is 5.49. The first-order valence-electron chi connectivity index (χ1n) is 5.83. The molecule has 0 heterocycles. The van der Waals surface area contributed by atoms with Crippen LogP contribution in [0.5, 0.6) is 0 Å². The molecule has 0 saturated heterocycles. The first-order valence-corrected chi connectivity index (χ1v) is 6.20. The van der Waals surface area contributed by atoms with E-state index in [1.54, 1.807) is 0 Å². The summed E-state index contributed by atoms with van der Waals surface area (Å²) in [5, 5.41) is 4.31. The third-order valence-electron chi connectivity index (χ3n) is 3.17. The Balaban J connectivity index is 2.32. The number of benzene rings is 3. The predicted molar refractivity (Wildman–Crippen MR) is 76.0 cm³/mol. The second-order valence-electron chi connectivity index (χ2n) is 4.37. The van der Waals surface area contributed by atoms with Gasteiger partial charge in [-0.1, -0.05) is 42.5 Å². The number of fused-ring (bicyclic) bond motifs is 2. The molecule has 0 saturated carbocycles. The maximum Gasteiger partial charge on any atom is 0.226 e. The first-order chi connectivity index (χ1) is 8.74. The maximum atomic E-state index is 11.1. The third-order valence-corrected chi connectivity index (χ3v) is 3.30. The number of halogens is 1. The van der Waals surface area contributed by atoms with Crippen LogP contribution in [-0.4, -0.2) is 5.24 Å². The van der Waals surface area contributed by atoms with Gasteiger partial charge in [-0.25, -0.2) is 0 Å². The van der Waals surface area contributed by atoms with Crippen molar-refractivity contribution < 1.29 is 4.79 Å². The van der Waals surface area contributed by atoms with Gasteiger partial charge in [0.15, 0.2) is 0 Å². The molecular weight excluding hydrogens is 244 g/mol. The van der Waals surface area contributed by atoms with Crippen molar-refractivity contribution in [2.24, 2.45) is 0 Å². The minimum absolute atomic E-state index is 0.275. The molecule has 0 amide bonds. The summed E-state index contributed by atoms with van der Waals surface area (Å²) < 4.78 is 0. The van der Waals surface area contributed by atoms with Crippen LogP contribution in [-0.2, 0) is 11.2 Å². The summed E-state index contributed by atoms with van der Waals surface area (Å²) in [5.41, 5.74) is 0.984. The van der Waals surface area contributed by atoms with E-state index in [0.29, 0.717) is 0 Å². The summed E-state index contributed by atoms with van der Waals surface area (Å²) in [6.07, 6.45) is 0.275. The Labute approximate surface area is 110 Å². The molecule has 3 aromatic carbocycles. The standard InChI is InChI=1S/C16H11ClO/c17-16(18)10-14-7-3-6-13-8-11-4-1-2-5-12(11)9-15(13)14/h1-9H,10H2. The average molecular weight is 255 g/mol. The molecule has 0 unspecified atom stereocenters. The van der Waals surface area contributed by atoms with Crippen molar-refractivity contribution in [3.8, 4) is 0 Å². The molecule has 0 aliphatic heterocycles. The molecule has 0 N–H and O–H groups in total. The van der Waals surface area contributed by atoms with Crippen molar-refractivity contribution in [3.63, 3.8) is 0 Å². The monoisotopic (exact) mass is 254 g/mol. The predicted octanol–water partition coefficient (Wildman–Crippen LogP) is 4.30. The molecule has 0 aliphatic carbocycles. The molecule has 0 aliphatic rings. The van der Waals surface area contributed by atoms with Crippen LogP contribution in [0.4, 0.5) is 0 Å². The first kappa shape index (κ1) is 11.2. The summed E-state index contributed by atoms with van der Waals surface area (Å²) in [5.74, 6) is 0. The van der Waals surface area contributed by atoms with E-state index in [0.717, 1.165) is 16.3 Å². The number of hydrogen-bond donors (Lipinski definition) is 0. The molecule has 0 atom stereocenters. The van der Waals surface area contributed by atoms with Crippen molar-refractivity contribution in [1.82, 2.24) is 0 Å². The van der Waals surface area contributed by atoms with Gasteiger partial charge < -0.3 is 0 Å². The van der Waals surface area contributed by atoms with Crippen molar-refractivity contribution in [2.45, 2.75) is 6.42 Å². The lowest BCUT2D eigenvalue weighted by Gasteiger charge is -2.06. The van der Waals surface area contributed by atoms with Gasteiger partial charge in [-0.15, -0.1) is 0 Å². The van der Waals surface area contributed by atoms with Crippen LogP contribution >= 0.6 is 11.6 Å². The van der Waals surface area contributed by atoms with Gasteiger partial charge in [0.1, 0.15) is 0 Å². The van der Waals surface area contributed by atoms with Gasteiger partial charge in [-0.3, -0.25) is 4.79 Å². The number of hydrogen-bond acceptors (Lipinski definition) is 1. The van der Waals surface area contributed by atoms with Crippen LogP contribution in [0.25, 0.3) is 21.5 Å². The molecule has 88 valence electrons. The second-order valence-corrected chi connectivity index (χ2v) is 4.79. The molecular formula is C16H11ClO. The van der Waals surface area contributed by atoms with Crippen LogP contribution in [0, 0.1) is 0 Å². The average Bonchev–Trinajstić information content (AvgIpc) is 2.36. The summed E-state index contributed by atoms with van der Waals surface area (Å²) in [4.78, 5) is 11.1. The molecule has 3 rings (SSSR count). The van der Waals surface area contributed by atoms with Gasteiger partial charge in [0.2, 0.25) is 5.24 Å². The number of carbonyl (C=O) groups excluding carboxylic acids is 1. The fraction of sp³-hybridized carbons (Fsp3) is 0.0625. The number of carbonyl (C=O) groups is 1. The highest BCUT2D eigenvalue weighted by Gasteiger charge is 2.05. The normalized spacial score (nSPS) is 10.9. The highest BCUT2D eigenvalue weighted by Crippen LogP contribution is 2.26. The van der Waals surface area contributed by atoms with Gasteiger partial charge in [0.05, 0.1) is 0 Å². The van der Waals surface area contributed by atoms with Gasteiger partial charge >= 0.3 is 0 Å². The fourth-order valence-electron chi connectivity index (χ4n) is 2.34. The minimum Gasteiger partial charge on any atom is -0.281 e. The van der Waals surface area contributed by atoms with Gasteiger partial charge in [0.25, 0.3) is 0 Å². The molecule has 1 nitrogen and oxygen atoms in total. The Kier molecular flexibility index (Phi) is 2.77. The Morgan fingerprint density at radius 1 is 0.889 bits per heavy atom. The highest BCUT2D eigenvalue weighted by atomic mass is 35.5. The van der Waals surface area contributed by atoms with E-state index in [1.807, 2.05) is 24.3 Å². The minimum atomic E-state index is -0.323. The molecule has 2 heteroatoms. The van der Waals surface area contributed by atoms with Crippen molar-refractivity contribution in [2.75, 3.05) is 0 Å². The highest BCUT2D eigenvalue weighted by molar-refractivity contribution is 6.63. The lowest BCUT2D eigenvalue weighted by Crippen LogP contribution is -1.94. The van der Waals surface area contributed by atoms with E-state index in [-0.39, 0.29) is 11.7 Å². The lowest BCUT2D eigenvalue weighted by atomic mass is 9.98. The van der Waals surface area contributed by atoms with Crippen molar-refractivity contribution >= 4 is 38.4 Å². The zero-order valence-corrected chi connectivity index (χ0v) is 10.4. The van der Waals surface area contributed by atoms with E-state index < -0.39 is 0 Å². The quantitative estimate of drug-likeness (QED) is 0.492. The van der Waals surface area contributed by atoms with Crippen molar-refractivity contribution in [1.29, 1.82) is 0 Å². The second kappa shape index (κ2) is 4.43. The Hall–Kier alpha value is -1.86. The van der Waals surface area contributed by atoms with E-state index in [2.05, 4.69) is 30.3 Å². The molecule has 0 fully saturated rings. The van der Waals surface area contributed by atoms with E-state index in [1.165, 1.54) is 10.8 Å². The fourth-order valence-corrected chi connectivity index (χ4v) is 2.48. The van der Waals surface area contributed by atoms with Crippen molar-refractivity contribution in [3.05, 3.63) is 60.2 Å². The van der Waals surface area contributed by atoms with Crippen LogP contribution in [0.15, 0.2) is 54.6 Å². The summed E-state index contributed by atoms with van der Waals surface area (Å²) in [6.45, 7) is 0. The van der Waals surface area contributed by atoms with Crippen LogP contribution in [0.2, 0.25) is 0 Å². The number of rotatable bonds is 2. The molecule has 0 bridgehead atoms. The van der Waals surface area contributed by atoms with Gasteiger partial charge in [-0.2, -0.15) is 0 Å². The van der Waals surface area contributed by atoms with E-state index >= 15 is 0 Å². The summed E-state index contributed by atoms with van der Waals surface area (Å²) in [6, 6.07) is 18.5. The summed E-state index contributed by atoms with van der Waals surface area (Å²) in [7, 11) is 0. The zero-order chi connectivity index (χ0) is 12.5. The van der Waals surface area contributed by atoms with E-state index in [4.69, 9.17) is 11.6 Å². The Morgan fingerprint density at radius 2 is 1.56 bits per heavy atom.